The second kappa shape index (κ2) is 9.84. The number of carbonyl (C=O) groups excluding carboxylic acids is 3. The summed E-state index contributed by atoms with van der Waals surface area (Å²) in [5.74, 6) is -6.79. The van der Waals surface area contributed by atoms with Crippen LogP contribution in [0.2, 0.25) is 5.02 Å². The van der Waals surface area contributed by atoms with Crippen LogP contribution >= 0.6 is 81.2 Å². The van der Waals surface area contributed by atoms with Gasteiger partial charge in [-0.05, 0) is 18.2 Å². The number of halogens is 7. The van der Waals surface area contributed by atoms with Crippen molar-refractivity contribution in [1.82, 2.24) is 10.0 Å². The molecule has 2 aromatic carbocycles. The molecule has 214 valence electrons. The predicted octanol–water partition coefficient (Wildman–Crippen LogP) is 6.16. The summed E-state index contributed by atoms with van der Waals surface area (Å²) in [6.07, 6.45) is 0. The van der Waals surface area contributed by atoms with Crippen molar-refractivity contribution in [1.29, 1.82) is 0 Å². The molecule has 41 heavy (non-hydrogen) atoms. The van der Waals surface area contributed by atoms with Gasteiger partial charge < -0.3 is 0 Å². The number of nitrogens with zero attached hydrogens (tertiary/aromatic N) is 4. The first-order valence-electron chi connectivity index (χ1n) is 11.2. The van der Waals surface area contributed by atoms with Gasteiger partial charge in [-0.1, -0.05) is 70.1 Å². The summed E-state index contributed by atoms with van der Waals surface area (Å²) in [6, 6.07) is 8.18. The Morgan fingerprint density at radius 3 is 1.88 bits per heavy atom. The Balaban J connectivity index is 1.68. The van der Waals surface area contributed by atoms with E-state index in [-0.39, 0.29) is 20.7 Å². The van der Waals surface area contributed by atoms with Gasteiger partial charge in [-0.15, -0.1) is 23.2 Å². The first-order chi connectivity index (χ1) is 19.0. The molecule has 0 aromatic heterocycles. The second-order valence-corrected chi connectivity index (χ2v) is 12.9. The van der Waals surface area contributed by atoms with Crippen LogP contribution in [0.25, 0.3) is 0 Å². The minimum atomic E-state index is -2.26. The molecule has 5 rings (SSSR count). The molecular formula is C23H11Cl7N4O7. The van der Waals surface area contributed by atoms with Gasteiger partial charge in [-0.2, -0.15) is 5.01 Å². The zero-order chi connectivity index (χ0) is 30.4. The van der Waals surface area contributed by atoms with E-state index in [0.29, 0.717) is 10.0 Å². The van der Waals surface area contributed by atoms with E-state index in [0.717, 1.165) is 18.2 Å². The number of allylic oxidation sites excluding steroid dienone is 2. The summed E-state index contributed by atoms with van der Waals surface area (Å²) >= 11 is 45.1. The molecule has 11 nitrogen and oxygen atoms in total. The van der Waals surface area contributed by atoms with Gasteiger partial charge in [0, 0.05) is 17.2 Å². The predicted molar refractivity (Wildman–Crippen MR) is 150 cm³/mol. The van der Waals surface area contributed by atoms with Gasteiger partial charge in [0.25, 0.3) is 29.1 Å². The van der Waals surface area contributed by atoms with Crippen molar-refractivity contribution in [2.24, 2.45) is 11.8 Å². The van der Waals surface area contributed by atoms with Crippen molar-refractivity contribution in [3.8, 4) is 0 Å². The summed E-state index contributed by atoms with van der Waals surface area (Å²) in [4.78, 5) is 59.3. The number of benzene rings is 2. The quantitative estimate of drug-likeness (QED) is 0.152. The van der Waals surface area contributed by atoms with Crippen LogP contribution in [0.5, 0.6) is 0 Å². The molecule has 2 fully saturated rings. The number of imide groups is 1. The SMILES string of the molecule is O=C(c1ccccc1[N+](=O)[O-])N(Cc1ccc(Cl)cc1[N+](=O)[O-])N1C(=O)[C@H]2[C@H](C1=O)[C@@]1(Cl)C(Cl)=C(Cl)[C@@]2(Cl)C1(Cl)Cl. The van der Waals surface area contributed by atoms with Crippen LogP contribution in [0.15, 0.2) is 52.5 Å². The largest absolute Gasteiger partial charge is 0.282 e. The lowest BCUT2D eigenvalue weighted by atomic mass is 9.84. The molecule has 2 aromatic rings. The van der Waals surface area contributed by atoms with Gasteiger partial charge in [-0.25, -0.2) is 5.01 Å². The zero-order valence-corrected chi connectivity index (χ0v) is 25.0. The topological polar surface area (TPSA) is 144 Å². The number of carbonyl (C=O) groups is 3. The Morgan fingerprint density at radius 2 is 1.37 bits per heavy atom. The molecule has 0 unspecified atom stereocenters. The molecule has 0 spiro atoms. The molecule has 1 aliphatic heterocycles. The number of amides is 3. The summed E-state index contributed by atoms with van der Waals surface area (Å²) in [6.45, 7) is -0.790. The number of alkyl halides is 4. The summed E-state index contributed by atoms with van der Waals surface area (Å²) in [5.41, 5.74) is -1.93. The van der Waals surface area contributed by atoms with E-state index in [1.54, 1.807) is 0 Å². The number of nitro benzene ring substituents is 2. The molecule has 4 atom stereocenters. The first-order valence-corrected chi connectivity index (χ1v) is 13.9. The molecule has 1 saturated heterocycles. The van der Waals surface area contributed by atoms with E-state index >= 15 is 0 Å². The number of hydrogen-bond acceptors (Lipinski definition) is 7. The smallest absolute Gasteiger partial charge is 0.272 e. The maximum absolute atomic E-state index is 14.0. The number of fused-ring (bicyclic) bond motifs is 5. The highest BCUT2D eigenvalue weighted by molar-refractivity contribution is 6.66. The van der Waals surface area contributed by atoms with Crippen LogP contribution in [0.4, 0.5) is 11.4 Å². The molecule has 3 amide bonds. The monoisotopic (exact) mass is 700 g/mol. The average Bonchev–Trinajstić information content (AvgIpc) is 3.30. The third kappa shape index (κ3) is 3.83. The van der Waals surface area contributed by atoms with E-state index in [9.17, 15) is 34.6 Å². The van der Waals surface area contributed by atoms with Crippen LogP contribution in [0, 0.1) is 32.1 Å². The molecule has 2 aliphatic carbocycles. The summed E-state index contributed by atoms with van der Waals surface area (Å²) in [7, 11) is 0. The van der Waals surface area contributed by atoms with Crippen molar-refractivity contribution < 1.29 is 24.2 Å². The molecule has 2 bridgehead atoms. The maximum Gasteiger partial charge on any atom is 0.282 e. The number of nitro groups is 2. The Labute approximate surface area is 264 Å². The fourth-order valence-electron chi connectivity index (χ4n) is 5.41. The minimum absolute atomic E-state index is 0.0134. The molecule has 0 N–H and O–H groups in total. The normalized spacial score (nSPS) is 27.8. The molecule has 1 saturated carbocycles. The minimum Gasteiger partial charge on any atom is -0.272 e. The van der Waals surface area contributed by atoms with Gasteiger partial charge in [-0.3, -0.25) is 34.6 Å². The lowest BCUT2D eigenvalue weighted by molar-refractivity contribution is -0.385. The Morgan fingerprint density at radius 1 is 0.854 bits per heavy atom. The molecular weight excluding hydrogens is 692 g/mol. The van der Waals surface area contributed by atoms with Gasteiger partial charge in [0.15, 0.2) is 4.33 Å². The van der Waals surface area contributed by atoms with Gasteiger partial charge >= 0.3 is 0 Å². The fourth-order valence-corrected chi connectivity index (χ4v) is 8.50. The highest BCUT2D eigenvalue weighted by atomic mass is 35.5. The number of hydrazine groups is 1. The Hall–Kier alpha value is -2.38. The van der Waals surface area contributed by atoms with Crippen molar-refractivity contribution in [2.45, 2.75) is 20.6 Å². The second-order valence-electron chi connectivity index (χ2n) is 9.24. The van der Waals surface area contributed by atoms with E-state index in [4.69, 9.17) is 81.2 Å². The highest BCUT2D eigenvalue weighted by Gasteiger charge is 2.88. The Kier molecular flexibility index (Phi) is 7.22. The Bertz CT molecular complexity index is 1590. The molecule has 18 heteroatoms. The third-order valence-corrected chi connectivity index (χ3v) is 11.8. The average molecular weight is 704 g/mol. The van der Waals surface area contributed by atoms with Crippen LogP contribution < -0.4 is 0 Å². The van der Waals surface area contributed by atoms with Gasteiger partial charge in [0.2, 0.25) is 0 Å². The lowest BCUT2D eigenvalue weighted by Crippen LogP contribution is -2.55. The number of hydrogen-bond donors (Lipinski definition) is 0. The summed E-state index contributed by atoms with van der Waals surface area (Å²) in [5, 5.41) is 23.6. The van der Waals surface area contributed by atoms with Crippen LogP contribution in [0.1, 0.15) is 15.9 Å². The van der Waals surface area contributed by atoms with Crippen molar-refractivity contribution in [3.63, 3.8) is 0 Å². The lowest BCUT2D eigenvalue weighted by Gasteiger charge is -2.37. The van der Waals surface area contributed by atoms with E-state index in [1.165, 1.54) is 24.3 Å². The van der Waals surface area contributed by atoms with Crippen molar-refractivity contribution >= 4 is 110 Å². The molecule has 3 aliphatic rings. The van der Waals surface area contributed by atoms with Gasteiger partial charge in [0.05, 0.1) is 43.9 Å². The summed E-state index contributed by atoms with van der Waals surface area (Å²) < 4.78 is -2.26. The molecule has 0 radical (unpaired) electrons. The van der Waals surface area contributed by atoms with Crippen molar-refractivity contribution in [3.05, 3.63) is 88.9 Å². The van der Waals surface area contributed by atoms with Crippen molar-refractivity contribution in [2.75, 3.05) is 0 Å². The van der Waals surface area contributed by atoms with Crippen LogP contribution in [0.3, 0.4) is 0 Å². The number of rotatable bonds is 6. The van der Waals surface area contributed by atoms with E-state index in [2.05, 4.69) is 0 Å². The van der Waals surface area contributed by atoms with Crippen LogP contribution in [-0.4, -0.2) is 51.7 Å². The van der Waals surface area contributed by atoms with E-state index < -0.39 is 77.0 Å². The zero-order valence-electron chi connectivity index (χ0n) is 19.7. The van der Waals surface area contributed by atoms with Crippen LogP contribution in [-0.2, 0) is 16.1 Å². The van der Waals surface area contributed by atoms with E-state index in [1.807, 2.05) is 0 Å². The molecule has 1 heterocycles. The number of para-hydroxylation sites is 1. The van der Waals surface area contributed by atoms with Gasteiger partial charge in [0.1, 0.15) is 15.3 Å². The fraction of sp³-hybridized carbons (Fsp3) is 0.261. The third-order valence-electron chi connectivity index (χ3n) is 7.26. The maximum atomic E-state index is 14.0. The standard InChI is InChI=1S/C23H11Cl7N4O7/c24-10-6-5-9(13(7-10)34(40)41)8-31(18(35)11-3-1-2-4-12(11)33(38)39)32-19(36)14-15(20(32)37)22(28)17(26)16(25)21(14,27)23(22,29)30/h1-7,14-15H,8H2/t14-,15-,21-,22-/m1/s1. The first kappa shape index (κ1) is 30.1. The highest BCUT2D eigenvalue weighted by Crippen LogP contribution is 2.77.